The minimum atomic E-state index is -0.873. The Morgan fingerprint density at radius 2 is 1.81 bits per heavy atom. The fraction of sp³-hybridized carbons (Fsp3) is 0.0417. The molecular weight excluding hydrogens is 530 g/mol. The van der Waals surface area contributed by atoms with Crippen LogP contribution in [-0.4, -0.2) is 5.91 Å². The van der Waals surface area contributed by atoms with E-state index in [1.807, 2.05) is 22.6 Å². The van der Waals surface area contributed by atoms with Crippen molar-refractivity contribution in [1.29, 1.82) is 0 Å². The predicted molar refractivity (Wildman–Crippen MR) is 130 cm³/mol. The van der Waals surface area contributed by atoms with Gasteiger partial charge < -0.3 is 15.5 Å². The van der Waals surface area contributed by atoms with E-state index in [0.29, 0.717) is 20.5 Å². The first kappa shape index (κ1) is 21.9. The van der Waals surface area contributed by atoms with Crippen LogP contribution in [0.4, 0.5) is 41.6 Å². The van der Waals surface area contributed by atoms with Crippen molar-refractivity contribution >= 4 is 62.5 Å². The van der Waals surface area contributed by atoms with E-state index in [4.69, 9.17) is 0 Å². The molecule has 4 nitrogen and oxygen atoms in total. The zero-order valence-electron chi connectivity index (χ0n) is 16.8. The lowest BCUT2D eigenvalue weighted by molar-refractivity contribution is -0.114. The summed E-state index contributed by atoms with van der Waals surface area (Å²) < 4.78 is 45.1. The molecule has 0 radical (unpaired) electrons. The molecule has 0 unspecified atom stereocenters. The van der Waals surface area contributed by atoms with Gasteiger partial charge >= 0.3 is 0 Å². The Hall–Kier alpha value is -3.27. The van der Waals surface area contributed by atoms with E-state index >= 15 is 4.39 Å². The second-order valence-corrected chi connectivity index (χ2v) is 8.38. The number of allylic oxidation sites excluding steroid dienone is 2. The van der Waals surface area contributed by atoms with Gasteiger partial charge in [-0.25, -0.2) is 13.2 Å². The average Bonchev–Trinajstić information content (AvgIpc) is 2.72. The highest BCUT2D eigenvalue weighted by Gasteiger charge is 2.27. The summed E-state index contributed by atoms with van der Waals surface area (Å²) in [6.07, 6.45) is 3.22. The Morgan fingerprint density at radius 1 is 1.03 bits per heavy atom. The molecule has 2 N–H and O–H groups in total. The highest BCUT2D eigenvalue weighted by molar-refractivity contribution is 14.1. The number of hydrogen-bond acceptors (Lipinski definition) is 3. The lowest BCUT2D eigenvalue weighted by Crippen LogP contribution is -2.18. The highest BCUT2D eigenvalue weighted by Crippen LogP contribution is 2.45. The van der Waals surface area contributed by atoms with Crippen molar-refractivity contribution < 1.29 is 18.0 Å². The van der Waals surface area contributed by atoms with Crippen LogP contribution in [-0.2, 0) is 4.79 Å². The van der Waals surface area contributed by atoms with Crippen LogP contribution in [0.2, 0.25) is 0 Å². The zero-order valence-corrected chi connectivity index (χ0v) is 19.0. The van der Waals surface area contributed by atoms with Crippen LogP contribution in [0.25, 0.3) is 5.57 Å². The van der Waals surface area contributed by atoms with Gasteiger partial charge in [-0.1, -0.05) is 12.6 Å². The second kappa shape index (κ2) is 8.70. The third-order valence-corrected chi connectivity index (χ3v) is 5.50. The third kappa shape index (κ3) is 4.22. The van der Waals surface area contributed by atoms with Gasteiger partial charge in [0.2, 0.25) is 5.91 Å². The molecule has 4 rings (SSSR count). The molecule has 0 aliphatic carbocycles. The first-order valence-corrected chi connectivity index (χ1v) is 10.6. The molecule has 0 spiro atoms. The van der Waals surface area contributed by atoms with Crippen LogP contribution in [0.15, 0.2) is 67.4 Å². The summed E-state index contributed by atoms with van der Waals surface area (Å²) in [4.78, 5) is 12.9. The lowest BCUT2D eigenvalue weighted by Gasteiger charge is -2.30. The normalized spacial score (nSPS) is 12.5. The van der Waals surface area contributed by atoms with Gasteiger partial charge in [0, 0.05) is 39.7 Å². The monoisotopic (exact) mass is 547 g/mol. The molecule has 1 aliphatic rings. The number of rotatable bonds is 4. The summed E-state index contributed by atoms with van der Waals surface area (Å²) >= 11 is 1.97. The van der Waals surface area contributed by atoms with Crippen LogP contribution in [0.5, 0.6) is 0 Å². The number of nitrogens with one attached hydrogen (secondary N) is 2. The van der Waals surface area contributed by atoms with E-state index in [0.717, 1.165) is 6.07 Å². The summed E-state index contributed by atoms with van der Waals surface area (Å²) in [7, 11) is 0. The Kier molecular flexibility index (Phi) is 5.96. The maximum Gasteiger partial charge on any atom is 0.221 e. The first-order valence-electron chi connectivity index (χ1n) is 9.53. The van der Waals surface area contributed by atoms with Gasteiger partial charge in [0.25, 0.3) is 0 Å². The summed E-state index contributed by atoms with van der Waals surface area (Å²) in [5.74, 6) is -2.49. The quantitative estimate of drug-likeness (QED) is 0.343. The van der Waals surface area contributed by atoms with E-state index in [9.17, 15) is 13.6 Å². The maximum absolute atomic E-state index is 15.1. The number of halogens is 4. The standard InChI is InChI=1S/C24H17F3IN3O/c1-13-8-9-31(17-5-3-4-16(11-17)29-14(2)32)24-20(27)12-19(26)23(22(13)24)30-21-7-6-15(28)10-18(21)25/h3-12,30H,1H2,2H3,(H,29,32). The molecule has 8 heteroatoms. The van der Waals surface area contributed by atoms with Crippen molar-refractivity contribution in [3.63, 3.8) is 0 Å². The average molecular weight is 547 g/mol. The smallest absolute Gasteiger partial charge is 0.221 e. The Labute approximate surface area is 196 Å². The van der Waals surface area contributed by atoms with E-state index in [-0.39, 0.29) is 28.5 Å². The molecule has 0 fully saturated rings. The predicted octanol–water partition coefficient (Wildman–Crippen LogP) is 7.09. The van der Waals surface area contributed by atoms with Gasteiger partial charge in [-0.2, -0.15) is 0 Å². The molecule has 3 aromatic rings. The molecule has 0 aromatic heterocycles. The molecule has 0 atom stereocenters. The first-order chi connectivity index (χ1) is 15.2. The molecule has 32 heavy (non-hydrogen) atoms. The Bertz CT molecular complexity index is 1290. The molecule has 1 aliphatic heterocycles. The Balaban J connectivity index is 1.85. The van der Waals surface area contributed by atoms with Crippen molar-refractivity contribution in [1.82, 2.24) is 0 Å². The van der Waals surface area contributed by atoms with Crippen molar-refractivity contribution in [2.45, 2.75) is 6.92 Å². The van der Waals surface area contributed by atoms with Gasteiger partial charge in [-0.3, -0.25) is 4.79 Å². The van der Waals surface area contributed by atoms with Crippen LogP contribution in [0, 0.1) is 21.0 Å². The van der Waals surface area contributed by atoms with Crippen LogP contribution < -0.4 is 15.5 Å². The largest absolute Gasteiger partial charge is 0.350 e. The molecular formula is C24H17F3IN3O. The molecule has 0 saturated heterocycles. The third-order valence-electron chi connectivity index (χ3n) is 4.83. The topological polar surface area (TPSA) is 44.4 Å². The molecule has 0 saturated carbocycles. The maximum atomic E-state index is 15.1. The van der Waals surface area contributed by atoms with E-state index in [1.54, 1.807) is 42.6 Å². The van der Waals surface area contributed by atoms with Gasteiger partial charge in [0.1, 0.15) is 11.6 Å². The number of carbonyl (C=O) groups excluding carboxylic acids is 1. The molecule has 1 amide bonds. The summed E-state index contributed by atoms with van der Waals surface area (Å²) in [5, 5.41) is 5.44. The summed E-state index contributed by atoms with van der Waals surface area (Å²) in [6.45, 7) is 5.31. The van der Waals surface area contributed by atoms with Gasteiger partial charge in [-0.15, -0.1) is 0 Å². The fourth-order valence-electron chi connectivity index (χ4n) is 3.48. The van der Waals surface area contributed by atoms with Crippen molar-refractivity contribution in [3.8, 4) is 0 Å². The zero-order chi connectivity index (χ0) is 23.0. The minimum Gasteiger partial charge on any atom is -0.350 e. The molecule has 1 heterocycles. The van der Waals surface area contributed by atoms with Gasteiger partial charge in [0.15, 0.2) is 5.82 Å². The van der Waals surface area contributed by atoms with Crippen molar-refractivity contribution in [2.24, 2.45) is 0 Å². The number of fused-ring (bicyclic) bond motifs is 1. The number of amides is 1. The summed E-state index contributed by atoms with van der Waals surface area (Å²) in [5.41, 5.74) is 1.63. The van der Waals surface area contributed by atoms with Crippen LogP contribution in [0.1, 0.15) is 12.5 Å². The molecule has 0 bridgehead atoms. The number of carbonyl (C=O) groups is 1. The van der Waals surface area contributed by atoms with E-state index in [1.165, 1.54) is 24.0 Å². The van der Waals surface area contributed by atoms with E-state index < -0.39 is 17.5 Å². The van der Waals surface area contributed by atoms with Gasteiger partial charge in [0.05, 0.1) is 17.1 Å². The number of nitrogens with zero attached hydrogens (tertiary/aromatic N) is 1. The molecule has 162 valence electrons. The van der Waals surface area contributed by atoms with Crippen molar-refractivity contribution in [2.75, 3.05) is 15.5 Å². The van der Waals surface area contributed by atoms with Gasteiger partial charge in [-0.05, 0) is 70.6 Å². The number of hydrogen-bond donors (Lipinski definition) is 2. The minimum absolute atomic E-state index is 0.0553. The number of benzene rings is 3. The SMILES string of the molecule is C=C1C=CN(c2cccc(NC(C)=O)c2)c2c(F)cc(F)c(Nc3ccc(I)cc3F)c21. The van der Waals surface area contributed by atoms with Crippen LogP contribution in [0.3, 0.4) is 0 Å². The Morgan fingerprint density at radius 3 is 2.53 bits per heavy atom. The number of anilines is 5. The molecule has 3 aromatic carbocycles. The van der Waals surface area contributed by atoms with Crippen LogP contribution >= 0.6 is 22.6 Å². The van der Waals surface area contributed by atoms with Crippen molar-refractivity contribution in [3.05, 3.63) is 94.0 Å². The highest BCUT2D eigenvalue weighted by atomic mass is 127. The summed E-state index contributed by atoms with van der Waals surface area (Å²) in [6, 6.07) is 12.0. The fourth-order valence-corrected chi connectivity index (χ4v) is 3.93. The lowest BCUT2D eigenvalue weighted by atomic mass is 9.97. The van der Waals surface area contributed by atoms with E-state index in [2.05, 4.69) is 17.2 Å². The second-order valence-electron chi connectivity index (χ2n) is 7.13.